The lowest BCUT2D eigenvalue weighted by molar-refractivity contribution is -0.133. The maximum absolute atomic E-state index is 12.4. The van der Waals surface area contributed by atoms with Crippen LogP contribution in [0.15, 0.2) is 38.9 Å². The van der Waals surface area contributed by atoms with E-state index < -0.39 is 0 Å². The number of nitrogens with zero attached hydrogens (tertiary/aromatic N) is 4. The molecule has 4 heterocycles. The molecule has 1 saturated heterocycles. The maximum Gasteiger partial charge on any atom is 0.252 e. The van der Waals surface area contributed by atoms with Crippen molar-refractivity contribution in [3.63, 3.8) is 0 Å². The molecule has 3 aromatic heterocycles. The van der Waals surface area contributed by atoms with Gasteiger partial charge in [0, 0.05) is 50.1 Å². The van der Waals surface area contributed by atoms with Gasteiger partial charge in [0.1, 0.15) is 0 Å². The van der Waals surface area contributed by atoms with Gasteiger partial charge in [0.2, 0.25) is 17.6 Å². The average Bonchev–Trinajstić information content (AvgIpc) is 3.53. The Labute approximate surface area is 182 Å². The summed E-state index contributed by atoms with van der Waals surface area (Å²) in [5.74, 6) is 1.28. The third-order valence-corrected chi connectivity index (χ3v) is 6.48. The summed E-state index contributed by atoms with van der Waals surface area (Å²) in [6, 6.07) is 5.73. The van der Waals surface area contributed by atoms with Gasteiger partial charge in [0.15, 0.2) is 0 Å². The molecule has 2 amide bonds. The second-order valence-electron chi connectivity index (χ2n) is 7.02. The summed E-state index contributed by atoms with van der Waals surface area (Å²) in [5, 5.41) is 12.6. The average molecular weight is 446 g/mol. The molecule has 8 nitrogen and oxygen atoms in total. The zero-order valence-electron chi connectivity index (χ0n) is 16.5. The van der Waals surface area contributed by atoms with Crippen LogP contribution in [0.5, 0.6) is 0 Å². The number of thiophene rings is 2. The number of carbonyl (C=O) groups is 2. The standard InChI is InChI=1S/C20H23N5O3S2/c26-18(4-1-6-21-20(27)15-5-12-29-14-15)25-9-7-24(8-10-25)13-17-22-19(23-28-17)16-3-2-11-30-16/h2-3,5,11-12,14H,1,4,6-10,13H2,(H,21,27). The van der Waals surface area contributed by atoms with Crippen molar-refractivity contribution in [3.05, 3.63) is 45.8 Å². The SMILES string of the molecule is O=C(NCCCC(=O)N1CCN(Cc2nc(-c3cccs3)no2)CC1)c1ccsc1. The summed E-state index contributed by atoms with van der Waals surface area (Å²) in [4.78, 5) is 33.9. The van der Waals surface area contributed by atoms with Gasteiger partial charge in [-0.1, -0.05) is 11.2 Å². The number of nitrogens with one attached hydrogen (secondary N) is 1. The summed E-state index contributed by atoms with van der Waals surface area (Å²) in [6.07, 6.45) is 1.08. The molecule has 1 aliphatic rings. The molecule has 1 aliphatic heterocycles. The lowest BCUT2D eigenvalue weighted by atomic mass is 10.2. The molecule has 30 heavy (non-hydrogen) atoms. The first kappa shape index (κ1) is 20.7. The van der Waals surface area contributed by atoms with Crippen LogP contribution >= 0.6 is 22.7 Å². The molecule has 0 aromatic carbocycles. The van der Waals surface area contributed by atoms with Crippen molar-refractivity contribution in [2.24, 2.45) is 0 Å². The van der Waals surface area contributed by atoms with Crippen LogP contribution in [0, 0.1) is 0 Å². The smallest absolute Gasteiger partial charge is 0.252 e. The molecule has 0 saturated carbocycles. The fourth-order valence-corrected chi connectivity index (χ4v) is 4.55. The highest BCUT2D eigenvalue weighted by Crippen LogP contribution is 2.21. The first-order valence-electron chi connectivity index (χ1n) is 9.86. The quantitative estimate of drug-likeness (QED) is 0.536. The van der Waals surface area contributed by atoms with Crippen LogP contribution < -0.4 is 5.32 Å². The van der Waals surface area contributed by atoms with Gasteiger partial charge in [0.05, 0.1) is 11.4 Å². The monoisotopic (exact) mass is 445 g/mol. The Balaban J connectivity index is 1.14. The Bertz CT molecular complexity index is 947. The van der Waals surface area contributed by atoms with Crippen molar-refractivity contribution in [1.82, 2.24) is 25.3 Å². The van der Waals surface area contributed by atoms with E-state index in [2.05, 4.69) is 20.4 Å². The highest BCUT2D eigenvalue weighted by Gasteiger charge is 2.22. The van der Waals surface area contributed by atoms with E-state index in [1.54, 1.807) is 17.4 Å². The van der Waals surface area contributed by atoms with Gasteiger partial charge in [-0.05, 0) is 29.3 Å². The maximum atomic E-state index is 12.4. The molecule has 4 rings (SSSR count). The number of rotatable bonds is 8. The molecule has 0 bridgehead atoms. The topological polar surface area (TPSA) is 91.6 Å². The van der Waals surface area contributed by atoms with Crippen LogP contribution in [0.3, 0.4) is 0 Å². The number of amides is 2. The van der Waals surface area contributed by atoms with E-state index in [0.29, 0.717) is 56.3 Å². The second-order valence-corrected chi connectivity index (χ2v) is 8.75. The minimum Gasteiger partial charge on any atom is -0.352 e. The minimum absolute atomic E-state index is 0.0828. The first-order chi connectivity index (χ1) is 14.7. The van der Waals surface area contributed by atoms with E-state index >= 15 is 0 Å². The van der Waals surface area contributed by atoms with Gasteiger partial charge in [-0.2, -0.15) is 16.3 Å². The number of piperazine rings is 1. The fraction of sp³-hybridized carbons (Fsp3) is 0.400. The van der Waals surface area contributed by atoms with E-state index in [1.807, 2.05) is 33.2 Å². The predicted molar refractivity (Wildman–Crippen MR) is 115 cm³/mol. The van der Waals surface area contributed by atoms with Crippen LogP contribution in [0.1, 0.15) is 29.1 Å². The summed E-state index contributed by atoms with van der Waals surface area (Å²) in [7, 11) is 0. The van der Waals surface area contributed by atoms with Crippen LogP contribution in [-0.4, -0.2) is 64.5 Å². The molecule has 0 atom stereocenters. The molecular weight excluding hydrogens is 422 g/mol. The molecule has 158 valence electrons. The van der Waals surface area contributed by atoms with E-state index in [9.17, 15) is 9.59 Å². The third-order valence-electron chi connectivity index (χ3n) is 4.93. The molecule has 0 unspecified atom stereocenters. The van der Waals surface area contributed by atoms with Crippen LogP contribution in [-0.2, 0) is 11.3 Å². The Kier molecular flexibility index (Phi) is 6.88. The minimum atomic E-state index is -0.0828. The Morgan fingerprint density at radius 1 is 1.17 bits per heavy atom. The third kappa shape index (κ3) is 5.32. The van der Waals surface area contributed by atoms with Crippen molar-refractivity contribution in [1.29, 1.82) is 0 Å². The van der Waals surface area contributed by atoms with E-state index in [4.69, 9.17) is 4.52 Å². The lowest BCUT2D eigenvalue weighted by Crippen LogP contribution is -2.48. The van der Waals surface area contributed by atoms with Crippen molar-refractivity contribution < 1.29 is 14.1 Å². The molecule has 10 heteroatoms. The Morgan fingerprint density at radius 2 is 2.03 bits per heavy atom. The summed E-state index contributed by atoms with van der Waals surface area (Å²) >= 11 is 3.08. The molecule has 0 aliphatic carbocycles. The van der Waals surface area contributed by atoms with Crippen LogP contribution in [0.4, 0.5) is 0 Å². The highest BCUT2D eigenvalue weighted by atomic mass is 32.1. The van der Waals surface area contributed by atoms with Gasteiger partial charge >= 0.3 is 0 Å². The molecule has 0 spiro atoms. The Hall–Kier alpha value is -2.56. The molecule has 1 fully saturated rings. The number of carbonyl (C=O) groups excluding carboxylic acids is 2. The largest absolute Gasteiger partial charge is 0.352 e. The first-order valence-corrected chi connectivity index (χ1v) is 11.7. The van der Waals surface area contributed by atoms with Crippen molar-refractivity contribution in [2.45, 2.75) is 19.4 Å². The van der Waals surface area contributed by atoms with Crippen molar-refractivity contribution in [3.8, 4) is 10.7 Å². The predicted octanol–water partition coefficient (Wildman–Crippen LogP) is 2.71. The van der Waals surface area contributed by atoms with Gasteiger partial charge in [0.25, 0.3) is 5.91 Å². The van der Waals surface area contributed by atoms with Crippen molar-refractivity contribution in [2.75, 3.05) is 32.7 Å². The van der Waals surface area contributed by atoms with Gasteiger partial charge in [-0.25, -0.2) is 0 Å². The van der Waals surface area contributed by atoms with Gasteiger partial charge < -0.3 is 14.7 Å². The summed E-state index contributed by atoms with van der Waals surface area (Å²) in [6.45, 7) is 4.02. The zero-order chi connectivity index (χ0) is 20.8. The number of hydrogen-bond donors (Lipinski definition) is 1. The molecule has 1 N–H and O–H groups in total. The summed E-state index contributed by atoms with van der Waals surface area (Å²) in [5.41, 5.74) is 0.672. The summed E-state index contributed by atoms with van der Waals surface area (Å²) < 4.78 is 5.37. The van der Waals surface area contributed by atoms with Gasteiger partial charge in [-0.15, -0.1) is 11.3 Å². The molecule has 0 radical (unpaired) electrons. The van der Waals surface area contributed by atoms with E-state index in [0.717, 1.165) is 18.0 Å². The second kappa shape index (κ2) is 9.96. The van der Waals surface area contributed by atoms with Crippen LogP contribution in [0.2, 0.25) is 0 Å². The van der Waals surface area contributed by atoms with E-state index in [-0.39, 0.29) is 11.8 Å². The normalized spacial score (nSPS) is 14.7. The highest BCUT2D eigenvalue weighted by molar-refractivity contribution is 7.13. The Morgan fingerprint density at radius 3 is 2.77 bits per heavy atom. The lowest BCUT2D eigenvalue weighted by Gasteiger charge is -2.34. The van der Waals surface area contributed by atoms with Crippen molar-refractivity contribution >= 4 is 34.5 Å². The van der Waals surface area contributed by atoms with E-state index in [1.165, 1.54) is 11.3 Å². The zero-order valence-corrected chi connectivity index (χ0v) is 18.1. The number of aromatic nitrogens is 2. The van der Waals surface area contributed by atoms with Crippen LogP contribution in [0.25, 0.3) is 10.7 Å². The fourth-order valence-electron chi connectivity index (χ4n) is 3.27. The number of hydrogen-bond acceptors (Lipinski definition) is 8. The molecular formula is C20H23N5O3S2. The molecule has 3 aromatic rings. The van der Waals surface area contributed by atoms with Gasteiger partial charge in [-0.3, -0.25) is 14.5 Å².